The Morgan fingerprint density at radius 1 is 1.36 bits per heavy atom. The van der Waals surface area contributed by atoms with E-state index in [-0.39, 0.29) is 18.5 Å². The van der Waals surface area contributed by atoms with Crippen molar-refractivity contribution in [2.24, 2.45) is 11.7 Å². The number of carboxylic acids is 1. The maximum atomic E-state index is 12.6. The number of carboxylic acid groups (broad SMARTS) is 1. The molecule has 0 aliphatic heterocycles. The lowest BCUT2D eigenvalue weighted by molar-refractivity contribution is -0.141. The Hall–Kier alpha value is -2.09. The minimum absolute atomic E-state index is 0.0660. The molecule has 122 valence electrons. The van der Waals surface area contributed by atoms with Gasteiger partial charge in [-0.3, -0.25) is 9.59 Å². The highest BCUT2D eigenvalue weighted by Crippen LogP contribution is 2.30. The molecule has 1 aromatic rings. The van der Waals surface area contributed by atoms with Crippen molar-refractivity contribution < 1.29 is 27.9 Å². The van der Waals surface area contributed by atoms with E-state index in [9.17, 15) is 22.8 Å². The van der Waals surface area contributed by atoms with Gasteiger partial charge in [-0.25, -0.2) is 0 Å². The smallest absolute Gasteiger partial charge is 0.416 e. The van der Waals surface area contributed by atoms with Gasteiger partial charge in [-0.15, -0.1) is 0 Å². The predicted octanol–water partition coefficient (Wildman–Crippen LogP) is 1.93. The highest BCUT2D eigenvalue weighted by molar-refractivity contribution is 5.78. The van der Waals surface area contributed by atoms with Crippen LogP contribution in [0.4, 0.5) is 13.2 Å². The molecule has 0 aromatic heterocycles. The zero-order valence-corrected chi connectivity index (χ0v) is 11.9. The van der Waals surface area contributed by atoms with Crippen LogP contribution in [-0.4, -0.2) is 23.5 Å². The summed E-state index contributed by atoms with van der Waals surface area (Å²) in [7, 11) is 0. The molecule has 22 heavy (non-hydrogen) atoms. The Kier molecular flexibility index (Phi) is 5.92. The Morgan fingerprint density at radius 3 is 2.55 bits per heavy atom. The van der Waals surface area contributed by atoms with Crippen LogP contribution in [0, 0.1) is 5.92 Å². The number of nitrogens with two attached hydrogens (primary N) is 1. The number of carbonyl (C=O) groups is 2. The number of aliphatic carboxylic acids is 1. The van der Waals surface area contributed by atoms with Crippen molar-refractivity contribution in [3.63, 3.8) is 0 Å². The molecule has 0 aliphatic carbocycles. The van der Waals surface area contributed by atoms with Gasteiger partial charge in [-0.2, -0.15) is 13.2 Å². The minimum Gasteiger partial charge on any atom is -0.481 e. The molecular weight excluding hydrogens is 301 g/mol. The first-order chi connectivity index (χ1) is 10.1. The SMILES string of the molecule is C[C@@H](CNC(=O)CC(N)c1cccc(C(F)(F)F)c1)C(=O)O. The first-order valence-electron chi connectivity index (χ1n) is 6.53. The van der Waals surface area contributed by atoms with E-state index in [1.807, 2.05) is 0 Å². The largest absolute Gasteiger partial charge is 0.481 e. The van der Waals surface area contributed by atoms with Gasteiger partial charge in [0.05, 0.1) is 11.5 Å². The summed E-state index contributed by atoms with van der Waals surface area (Å²) in [5.74, 6) is -2.32. The van der Waals surface area contributed by atoms with E-state index in [1.54, 1.807) is 0 Å². The number of carbonyl (C=O) groups excluding carboxylic acids is 1. The van der Waals surface area contributed by atoms with Crippen LogP contribution in [0.1, 0.15) is 30.5 Å². The van der Waals surface area contributed by atoms with Crippen LogP contribution >= 0.6 is 0 Å². The maximum Gasteiger partial charge on any atom is 0.416 e. The van der Waals surface area contributed by atoms with Crippen molar-refractivity contribution in [3.8, 4) is 0 Å². The molecule has 0 heterocycles. The van der Waals surface area contributed by atoms with Crippen molar-refractivity contribution in [1.29, 1.82) is 0 Å². The number of nitrogens with one attached hydrogen (secondary N) is 1. The highest BCUT2D eigenvalue weighted by Gasteiger charge is 2.30. The quantitative estimate of drug-likeness (QED) is 0.747. The molecule has 0 saturated heterocycles. The summed E-state index contributed by atoms with van der Waals surface area (Å²) in [6, 6.07) is 3.56. The molecule has 0 radical (unpaired) electrons. The topological polar surface area (TPSA) is 92.4 Å². The summed E-state index contributed by atoms with van der Waals surface area (Å²) in [6.45, 7) is 1.36. The second kappa shape index (κ2) is 7.26. The molecule has 1 unspecified atom stereocenters. The summed E-state index contributed by atoms with van der Waals surface area (Å²) in [5, 5.41) is 11.1. The van der Waals surface area contributed by atoms with Gasteiger partial charge in [0, 0.05) is 19.0 Å². The van der Waals surface area contributed by atoms with Gasteiger partial charge in [0.15, 0.2) is 0 Å². The molecule has 1 amide bonds. The maximum absolute atomic E-state index is 12.6. The van der Waals surface area contributed by atoms with Crippen molar-refractivity contribution in [1.82, 2.24) is 5.32 Å². The van der Waals surface area contributed by atoms with Gasteiger partial charge in [0.25, 0.3) is 0 Å². The standard InChI is InChI=1S/C14H17F3N2O3/c1-8(13(21)22)7-19-12(20)6-11(18)9-3-2-4-10(5-9)14(15,16)17/h2-5,8,11H,6-7,18H2,1H3,(H,19,20)(H,21,22)/t8-,11?/m0/s1. The van der Waals surface area contributed by atoms with Crippen molar-refractivity contribution in [2.45, 2.75) is 25.6 Å². The number of amides is 1. The molecular formula is C14H17F3N2O3. The molecule has 0 fully saturated rings. The summed E-state index contributed by atoms with van der Waals surface area (Å²) >= 11 is 0. The van der Waals surface area contributed by atoms with Crippen molar-refractivity contribution in [2.75, 3.05) is 6.54 Å². The van der Waals surface area contributed by atoms with Crippen molar-refractivity contribution in [3.05, 3.63) is 35.4 Å². The van der Waals surface area contributed by atoms with E-state index in [4.69, 9.17) is 10.8 Å². The van der Waals surface area contributed by atoms with Gasteiger partial charge in [0.1, 0.15) is 0 Å². The van der Waals surface area contributed by atoms with E-state index in [1.165, 1.54) is 19.1 Å². The Balaban J connectivity index is 2.63. The molecule has 4 N–H and O–H groups in total. The van der Waals surface area contributed by atoms with Crippen LogP contribution in [0.2, 0.25) is 0 Å². The molecule has 0 saturated carbocycles. The Bertz CT molecular complexity index is 546. The second-order valence-corrected chi connectivity index (χ2v) is 4.98. The third-order valence-corrected chi connectivity index (χ3v) is 3.07. The highest BCUT2D eigenvalue weighted by atomic mass is 19.4. The predicted molar refractivity (Wildman–Crippen MR) is 72.8 cm³/mol. The molecule has 5 nitrogen and oxygen atoms in total. The zero-order chi connectivity index (χ0) is 16.9. The van der Waals surface area contributed by atoms with Crippen LogP contribution in [-0.2, 0) is 15.8 Å². The van der Waals surface area contributed by atoms with Crippen molar-refractivity contribution >= 4 is 11.9 Å². The number of benzene rings is 1. The van der Waals surface area contributed by atoms with Gasteiger partial charge in [-0.05, 0) is 17.7 Å². The zero-order valence-electron chi connectivity index (χ0n) is 11.9. The average molecular weight is 318 g/mol. The van der Waals surface area contributed by atoms with Crippen LogP contribution < -0.4 is 11.1 Å². The molecule has 0 bridgehead atoms. The third-order valence-electron chi connectivity index (χ3n) is 3.07. The van der Waals surface area contributed by atoms with Crippen LogP contribution in [0.3, 0.4) is 0 Å². The Morgan fingerprint density at radius 2 is 2.00 bits per heavy atom. The fraction of sp³-hybridized carbons (Fsp3) is 0.429. The lowest BCUT2D eigenvalue weighted by Gasteiger charge is -2.15. The number of hydrogen-bond donors (Lipinski definition) is 3. The fourth-order valence-corrected chi connectivity index (χ4v) is 1.69. The fourth-order valence-electron chi connectivity index (χ4n) is 1.69. The number of rotatable bonds is 6. The van der Waals surface area contributed by atoms with E-state index >= 15 is 0 Å². The van der Waals surface area contributed by atoms with Gasteiger partial charge >= 0.3 is 12.1 Å². The van der Waals surface area contributed by atoms with E-state index < -0.39 is 35.6 Å². The van der Waals surface area contributed by atoms with E-state index in [2.05, 4.69) is 5.32 Å². The van der Waals surface area contributed by atoms with Crippen LogP contribution in [0.25, 0.3) is 0 Å². The lowest BCUT2D eigenvalue weighted by Crippen LogP contribution is -2.33. The van der Waals surface area contributed by atoms with Gasteiger partial charge in [0.2, 0.25) is 5.91 Å². The minimum atomic E-state index is -4.48. The molecule has 2 atom stereocenters. The number of alkyl halides is 3. The second-order valence-electron chi connectivity index (χ2n) is 4.98. The molecule has 0 spiro atoms. The average Bonchev–Trinajstić information content (AvgIpc) is 2.43. The number of hydrogen-bond acceptors (Lipinski definition) is 3. The number of halogens is 3. The summed E-state index contributed by atoms with van der Waals surface area (Å²) in [5.41, 5.74) is 5.09. The first-order valence-corrected chi connectivity index (χ1v) is 6.53. The molecule has 8 heteroatoms. The van der Waals surface area contributed by atoms with Crippen LogP contribution in [0.15, 0.2) is 24.3 Å². The molecule has 1 aromatic carbocycles. The summed E-state index contributed by atoms with van der Waals surface area (Å²) in [6.07, 6.45) is -4.71. The third kappa shape index (κ3) is 5.36. The summed E-state index contributed by atoms with van der Waals surface area (Å²) < 4.78 is 37.8. The summed E-state index contributed by atoms with van der Waals surface area (Å²) in [4.78, 5) is 22.2. The van der Waals surface area contributed by atoms with E-state index in [0.29, 0.717) is 0 Å². The van der Waals surface area contributed by atoms with E-state index in [0.717, 1.165) is 12.1 Å². The van der Waals surface area contributed by atoms with Gasteiger partial charge < -0.3 is 16.2 Å². The Labute approximate surface area is 125 Å². The molecule has 1 rings (SSSR count). The molecule has 0 aliphatic rings. The normalized spacial score (nSPS) is 14.2. The monoisotopic (exact) mass is 318 g/mol. The van der Waals surface area contributed by atoms with Crippen LogP contribution in [0.5, 0.6) is 0 Å². The lowest BCUT2D eigenvalue weighted by atomic mass is 10.0. The van der Waals surface area contributed by atoms with Gasteiger partial charge in [-0.1, -0.05) is 19.1 Å². The first kappa shape index (κ1) is 18.0.